The molecule has 3 fully saturated rings. The molecule has 3 aliphatic rings. The van der Waals surface area contributed by atoms with Crippen molar-refractivity contribution in [3.05, 3.63) is 11.6 Å². The fourth-order valence-corrected chi connectivity index (χ4v) is 4.03. The van der Waals surface area contributed by atoms with Crippen LogP contribution >= 0.6 is 0 Å². The zero-order valence-electron chi connectivity index (χ0n) is 13.0. The maximum absolute atomic E-state index is 12.8. The van der Waals surface area contributed by atoms with Gasteiger partial charge in [-0.1, -0.05) is 6.92 Å². The first-order valence-corrected chi connectivity index (χ1v) is 7.85. The Balaban J connectivity index is 1.54. The van der Waals surface area contributed by atoms with Crippen molar-refractivity contribution in [2.75, 3.05) is 33.2 Å². The Morgan fingerprint density at radius 2 is 2.00 bits per heavy atom. The standard InChI is InChI=1S/C15H23N5O/c1-15-8-18(2)6-11(15)7-20(9-15)14(21)13-16-12(10-4-5-10)17-19(13)3/h10-11H,4-9H2,1-3H3/t11-,15+/m1/s1. The molecule has 1 aromatic rings. The van der Waals surface area contributed by atoms with Crippen LogP contribution in [0.1, 0.15) is 42.1 Å². The third kappa shape index (κ3) is 2.08. The van der Waals surface area contributed by atoms with Crippen LogP contribution in [0.25, 0.3) is 0 Å². The molecule has 4 rings (SSSR count). The van der Waals surface area contributed by atoms with Crippen LogP contribution in [0.15, 0.2) is 0 Å². The Kier molecular flexibility index (Phi) is 2.70. The molecule has 2 saturated heterocycles. The van der Waals surface area contributed by atoms with E-state index in [4.69, 9.17) is 0 Å². The average Bonchev–Trinajstić information content (AvgIpc) is 3.03. The van der Waals surface area contributed by atoms with Gasteiger partial charge in [0.05, 0.1) is 0 Å². The summed E-state index contributed by atoms with van der Waals surface area (Å²) in [5.41, 5.74) is 0.238. The predicted octanol–water partition coefficient (Wildman–Crippen LogP) is 0.716. The van der Waals surface area contributed by atoms with Crippen molar-refractivity contribution < 1.29 is 4.79 Å². The molecular formula is C15H23N5O. The number of carbonyl (C=O) groups excluding carboxylic acids is 1. The van der Waals surface area contributed by atoms with Gasteiger partial charge in [0.2, 0.25) is 5.82 Å². The van der Waals surface area contributed by atoms with E-state index in [1.165, 1.54) is 0 Å². The van der Waals surface area contributed by atoms with E-state index in [1.54, 1.807) is 4.68 Å². The van der Waals surface area contributed by atoms with Crippen LogP contribution in [0.3, 0.4) is 0 Å². The quantitative estimate of drug-likeness (QED) is 0.805. The highest BCUT2D eigenvalue weighted by Gasteiger charge is 2.50. The van der Waals surface area contributed by atoms with Crippen LogP contribution in [0.2, 0.25) is 0 Å². The highest BCUT2D eigenvalue weighted by molar-refractivity contribution is 5.91. The Bertz CT molecular complexity index is 593. The Morgan fingerprint density at radius 3 is 2.67 bits per heavy atom. The molecule has 0 unspecified atom stereocenters. The highest BCUT2D eigenvalue weighted by atomic mass is 16.2. The molecule has 1 amide bonds. The summed E-state index contributed by atoms with van der Waals surface area (Å²) in [5.74, 6) is 2.49. The van der Waals surface area contributed by atoms with Gasteiger partial charge in [0.25, 0.3) is 5.91 Å². The lowest BCUT2D eigenvalue weighted by molar-refractivity contribution is 0.0748. The average molecular weight is 289 g/mol. The summed E-state index contributed by atoms with van der Waals surface area (Å²) in [7, 11) is 4.00. The first kappa shape index (κ1) is 13.2. The lowest BCUT2D eigenvalue weighted by Crippen LogP contribution is -2.35. The van der Waals surface area contributed by atoms with E-state index in [0.717, 1.165) is 44.8 Å². The minimum Gasteiger partial charge on any atom is -0.335 e. The SMILES string of the molecule is CN1C[C@@H]2CN(C(=O)c3nc(C4CC4)nn3C)C[C@]2(C)C1. The van der Waals surface area contributed by atoms with Crippen LogP contribution in [0, 0.1) is 11.3 Å². The number of aromatic nitrogens is 3. The van der Waals surface area contributed by atoms with E-state index in [1.807, 2.05) is 11.9 Å². The molecule has 21 heavy (non-hydrogen) atoms. The largest absolute Gasteiger partial charge is 0.335 e. The van der Waals surface area contributed by atoms with E-state index in [9.17, 15) is 4.79 Å². The summed E-state index contributed by atoms with van der Waals surface area (Å²) < 4.78 is 1.67. The van der Waals surface area contributed by atoms with Gasteiger partial charge in [-0.15, -0.1) is 0 Å². The fourth-order valence-electron chi connectivity index (χ4n) is 4.03. The number of aryl methyl sites for hydroxylation is 1. The summed E-state index contributed by atoms with van der Waals surface area (Å²) in [6, 6.07) is 0. The van der Waals surface area contributed by atoms with Gasteiger partial charge in [-0.2, -0.15) is 5.10 Å². The van der Waals surface area contributed by atoms with Crippen molar-refractivity contribution in [1.82, 2.24) is 24.6 Å². The number of rotatable bonds is 2. The van der Waals surface area contributed by atoms with Crippen molar-refractivity contribution in [3.8, 4) is 0 Å². The normalized spacial score (nSPS) is 32.7. The zero-order valence-corrected chi connectivity index (χ0v) is 13.0. The maximum atomic E-state index is 12.8. The third-order valence-corrected chi connectivity index (χ3v) is 5.34. The van der Waals surface area contributed by atoms with Gasteiger partial charge in [0, 0.05) is 44.6 Å². The number of amides is 1. The van der Waals surface area contributed by atoms with E-state index < -0.39 is 0 Å². The molecule has 114 valence electrons. The second-order valence-corrected chi connectivity index (χ2v) is 7.42. The highest BCUT2D eigenvalue weighted by Crippen LogP contribution is 2.42. The third-order valence-electron chi connectivity index (χ3n) is 5.34. The molecule has 0 radical (unpaired) electrons. The Labute approximate surface area is 125 Å². The molecule has 2 aliphatic heterocycles. The van der Waals surface area contributed by atoms with E-state index >= 15 is 0 Å². The summed E-state index contributed by atoms with van der Waals surface area (Å²) >= 11 is 0. The second-order valence-electron chi connectivity index (χ2n) is 7.42. The van der Waals surface area contributed by atoms with Crippen molar-refractivity contribution in [1.29, 1.82) is 0 Å². The summed E-state index contributed by atoms with van der Waals surface area (Å²) in [5, 5.41) is 4.42. The molecule has 3 heterocycles. The van der Waals surface area contributed by atoms with Crippen molar-refractivity contribution in [3.63, 3.8) is 0 Å². The van der Waals surface area contributed by atoms with E-state index in [-0.39, 0.29) is 11.3 Å². The van der Waals surface area contributed by atoms with Gasteiger partial charge in [0.1, 0.15) is 0 Å². The molecule has 2 atom stereocenters. The van der Waals surface area contributed by atoms with Crippen LogP contribution in [-0.4, -0.2) is 63.7 Å². The van der Waals surface area contributed by atoms with Gasteiger partial charge in [-0.05, 0) is 25.8 Å². The predicted molar refractivity (Wildman–Crippen MR) is 78.0 cm³/mol. The molecular weight excluding hydrogens is 266 g/mol. The van der Waals surface area contributed by atoms with Crippen LogP contribution in [0.4, 0.5) is 0 Å². The number of nitrogens with zero attached hydrogens (tertiary/aromatic N) is 5. The maximum Gasteiger partial charge on any atom is 0.291 e. The lowest BCUT2D eigenvalue weighted by atomic mass is 9.83. The van der Waals surface area contributed by atoms with Gasteiger partial charge >= 0.3 is 0 Å². The van der Waals surface area contributed by atoms with E-state index in [0.29, 0.717) is 17.7 Å². The number of likely N-dealkylation sites (tertiary alicyclic amines) is 2. The summed E-state index contributed by atoms with van der Waals surface area (Å²) in [6.45, 7) is 6.17. The molecule has 1 aromatic heterocycles. The van der Waals surface area contributed by atoms with Crippen molar-refractivity contribution >= 4 is 5.91 Å². The molecule has 1 aliphatic carbocycles. The molecule has 1 saturated carbocycles. The van der Waals surface area contributed by atoms with Gasteiger partial charge in [-0.25, -0.2) is 9.67 Å². The first-order valence-electron chi connectivity index (χ1n) is 7.85. The summed E-state index contributed by atoms with van der Waals surface area (Å²) in [4.78, 5) is 21.6. The monoisotopic (exact) mass is 289 g/mol. The van der Waals surface area contributed by atoms with Gasteiger partial charge in [-0.3, -0.25) is 4.79 Å². The van der Waals surface area contributed by atoms with Gasteiger partial charge < -0.3 is 9.80 Å². The molecule has 6 nitrogen and oxygen atoms in total. The summed E-state index contributed by atoms with van der Waals surface area (Å²) in [6.07, 6.45) is 2.32. The first-order chi connectivity index (χ1) is 9.96. The fraction of sp³-hybridized carbons (Fsp3) is 0.800. The van der Waals surface area contributed by atoms with Crippen LogP contribution in [0.5, 0.6) is 0 Å². The molecule has 0 bridgehead atoms. The van der Waals surface area contributed by atoms with Crippen molar-refractivity contribution in [2.45, 2.75) is 25.7 Å². The topological polar surface area (TPSA) is 54.3 Å². The van der Waals surface area contributed by atoms with Crippen molar-refractivity contribution in [2.24, 2.45) is 18.4 Å². The second kappa shape index (κ2) is 4.29. The number of hydrogen-bond donors (Lipinski definition) is 0. The van der Waals surface area contributed by atoms with Gasteiger partial charge in [0.15, 0.2) is 5.82 Å². The van der Waals surface area contributed by atoms with Crippen LogP contribution in [-0.2, 0) is 7.05 Å². The minimum atomic E-state index is 0.0511. The smallest absolute Gasteiger partial charge is 0.291 e. The Morgan fingerprint density at radius 1 is 1.24 bits per heavy atom. The number of fused-ring (bicyclic) bond motifs is 1. The van der Waals surface area contributed by atoms with Crippen LogP contribution < -0.4 is 0 Å². The Hall–Kier alpha value is -1.43. The lowest BCUT2D eigenvalue weighted by Gasteiger charge is -2.23. The zero-order chi connectivity index (χ0) is 14.8. The molecule has 6 heteroatoms. The molecule has 0 N–H and O–H groups in total. The molecule has 0 spiro atoms. The van der Waals surface area contributed by atoms with E-state index in [2.05, 4.69) is 29.0 Å². The molecule has 0 aromatic carbocycles. The number of hydrogen-bond acceptors (Lipinski definition) is 4. The number of carbonyl (C=O) groups is 1. The minimum absolute atomic E-state index is 0.0511.